The van der Waals surface area contributed by atoms with Crippen molar-refractivity contribution in [2.45, 2.75) is 52.5 Å². The summed E-state index contributed by atoms with van der Waals surface area (Å²) in [5.74, 6) is 0.927. The van der Waals surface area contributed by atoms with Crippen LogP contribution in [0.1, 0.15) is 43.7 Å². The summed E-state index contributed by atoms with van der Waals surface area (Å²) in [4.78, 5) is 0. The summed E-state index contributed by atoms with van der Waals surface area (Å²) in [7, 11) is 0. The fourth-order valence-corrected chi connectivity index (χ4v) is 2.53. The smallest absolute Gasteiger partial charge is 0.0374 e. The Morgan fingerprint density at radius 2 is 1.75 bits per heavy atom. The molecule has 1 nitrogen and oxygen atoms in total. The van der Waals surface area contributed by atoms with Gasteiger partial charge in [-0.15, -0.1) is 0 Å². The fraction of sp³-hybridized carbons (Fsp3) is 0.600. The molecule has 1 saturated carbocycles. The molecule has 1 heteroatoms. The van der Waals surface area contributed by atoms with Gasteiger partial charge in [-0.05, 0) is 62.6 Å². The van der Waals surface area contributed by atoms with Gasteiger partial charge in [0, 0.05) is 11.7 Å². The van der Waals surface area contributed by atoms with Crippen LogP contribution in [0, 0.1) is 19.8 Å². The lowest BCUT2D eigenvalue weighted by atomic mass is 9.87. The van der Waals surface area contributed by atoms with Crippen molar-refractivity contribution in [3.63, 3.8) is 0 Å². The monoisotopic (exact) mass is 217 g/mol. The van der Waals surface area contributed by atoms with Gasteiger partial charge in [0.05, 0.1) is 0 Å². The Morgan fingerprint density at radius 1 is 1.06 bits per heavy atom. The van der Waals surface area contributed by atoms with E-state index in [9.17, 15) is 0 Å². The second kappa shape index (κ2) is 4.90. The average molecular weight is 217 g/mol. The van der Waals surface area contributed by atoms with Gasteiger partial charge in [0.1, 0.15) is 0 Å². The zero-order valence-corrected chi connectivity index (χ0v) is 10.7. The van der Waals surface area contributed by atoms with Gasteiger partial charge >= 0.3 is 0 Å². The maximum atomic E-state index is 3.71. The number of aryl methyl sites for hydroxylation is 1. The van der Waals surface area contributed by atoms with E-state index in [-0.39, 0.29) is 0 Å². The van der Waals surface area contributed by atoms with Crippen LogP contribution in [-0.4, -0.2) is 6.04 Å². The first-order valence-electron chi connectivity index (χ1n) is 6.49. The third kappa shape index (κ3) is 2.58. The summed E-state index contributed by atoms with van der Waals surface area (Å²) in [6.45, 7) is 6.76. The van der Waals surface area contributed by atoms with E-state index in [2.05, 4.69) is 44.3 Å². The number of benzene rings is 1. The SMILES string of the molecule is Cc1cccc(NC2CCC(C)CC2)c1C. The molecular formula is C15H23N. The molecule has 0 amide bonds. The Morgan fingerprint density at radius 3 is 2.44 bits per heavy atom. The van der Waals surface area contributed by atoms with Crippen molar-refractivity contribution < 1.29 is 0 Å². The molecule has 0 aromatic heterocycles. The standard InChI is InChI=1S/C15H23N/c1-11-7-9-14(10-8-11)16-15-6-4-5-12(2)13(15)3/h4-6,11,14,16H,7-10H2,1-3H3. The van der Waals surface area contributed by atoms with Crippen molar-refractivity contribution in [2.24, 2.45) is 5.92 Å². The molecule has 0 spiro atoms. The summed E-state index contributed by atoms with van der Waals surface area (Å²) >= 11 is 0. The van der Waals surface area contributed by atoms with Gasteiger partial charge in [-0.1, -0.05) is 19.1 Å². The lowest BCUT2D eigenvalue weighted by Crippen LogP contribution is -2.25. The molecular weight excluding hydrogens is 194 g/mol. The van der Waals surface area contributed by atoms with E-state index in [1.165, 1.54) is 42.5 Å². The Balaban J connectivity index is 2.01. The quantitative estimate of drug-likeness (QED) is 0.779. The van der Waals surface area contributed by atoms with Crippen molar-refractivity contribution in [3.05, 3.63) is 29.3 Å². The van der Waals surface area contributed by atoms with E-state index in [4.69, 9.17) is 0 Å². The molecule has 88 valence electrons. The zero-order chi connectivity index (χ0) is 11.5. The van der Waals surface area contributed by atoms with Crippen LogP contribution in [0.2, 0.25) is 0 Å². The van der Waals surface area contributed by atoms with Crippen LogP contribution in [0.3, 0.4) is 0 Å². The molecule has 0 aliphatic heterocycles. The molecule has 0 unspecified atom stereocenters. The lowest BCUT2D eigenvalue weighted by Gasteiger charge is -2.28. The molecule has 0 bridgehead atoms. The molecule has 1 aliphatic carbocycles. The van der Waals surface area contributed by atoms with Crippen LogP contribution in [0.5, 0.6) is 0 Å². The minimum Gasteiger partial charge on any atom is -0.382 e. The van der Waals surface area contributed by atoms with Crippen LogP contribution in [0.15, 0.2) is 18.2 Å². The van der Waals surface area contributed by atoms with Crippen LogP contribution < -0.4 is 5.32 Å². The largest absolute Gasteiger partial charge is 0.382 e. The van der Waals surface area contributed by atoms with Gasteiger partial charge in [-0.2, -0.15) is 0 Å². The summed E-state index contributed by atoms with van der Waals surface area (Å²) in [5, 5.41) is 3.71. The molecule has 1 fully saturated rings. The van der Waals surface area contributed by atoms with Crippen molar-refractivity contribution in [3.8, 4) is 0 Å². The van der Waals surface area contributed by atoms with Crippen molar-refractivity contribution >= 4 is 5.69 Å². The maximum absolute atomic E-state index is 3.71. The van der Waals surface area contributed by atoms with Crippen LogP contribution in [0.25, 0.3) is 0 Å². The van der Waals surface area contributed by atoms with Gasteiger partial charge < -0.3 is 5.32 Å². The average Bonchev–Trinajstić information content (AvgIpc) is 2.28. The molecule has 0 radical (unpaired) electrons. The van der Waals surface area contributed by atoms with Crippen molar-refractivity contribution in [2.75, 3.05) is 5.32 Å². The first-order chi connectivity index (χ1) is 7.66. The van der Waals surface area contributed by atoms with E-state index in [0.717, 1.165) is 5.92 Å². The Hall–Kier alpha value is -0.980. The highest BCUT2D eigenvalue weighted by Crippen LogP contribution is 2.27. The first kappa shape index (κ1) is 11.5. The maximum Gasteiger partial charge on any atom is 0.0374 e. The van der Waals surface area contributed by atoms with Gasteiger partial charge in [0.2, 0.25) is 0 Å². The molecule has 1 aromatic carbocycles. The first-order valence-corrected chi connectivity index (χ1v) is 6.49. The molecule has 1 N–H and O–H groups in total. The van der Waals surface area contributed by atoms with Gasteiger partial charge in [0.15, 0.2) is 0 Å². The summed E-state index contributed by atoms with van der Waals surface area (Å²) in [6.07, 6.45) is 5.41. The number of rotatable bonds is 2. The minimum atomic E-state index is 0.691. The molecule has 0 saturated heterocycles. The second-order valence-corrected chi connectivity index (χ2v) is 5.35. The number of hydrogen-bond donors (Lipinski definition) is 1. The highest BCUT2D eigenvalue weighted by atomic mass is 14.9. The molecule has 16 heavy (non-hydrogen) atoms. The molecule has 2 rings (SSSR count). The highest BCUT2D eigenvalue weighted by Gasteiger charge is 2.18. The fourth-order valence-electron chi connectivity index (χ4n) is 2.53. The minimum absolute atomic E-state index is 0.691. The summed E-state index contributed by atoms with van der Waals surface area (Å²) < 4.78 is 0. The van der Waals surface area contributed by atoms with Crippen molar-refractivity contribution in [1.29, 1.82) is 0 Å². The lowest BCUT2D eigenvalue weighted by molar-refractivity contribution is 0.361. The Bertz CT molecular complexity index is 348. The van der Waals surface area contributed by atoms with Gasteiger partial charge in [-0.25, -0.2) is 0 Å². The normalized spacial score (nSPS) is 25.4. The predicted molar refractivity (Wildman–Crippen MR) is 71.0 cm³/mol. The van der Waals surface area contributed by atoms with Gasteiger partial charge in [-0.3, -0.25) is 0 Å². The second-order valence-electron chi connectivity index (χ2n) is 5.35. The van der Waals surface area contributed by atoms with E-state index in [1.807, 2.05) is 0 Å². The number of anilines is 1. The Kier molecular flexibility index (Phi) is 3.52. The molecule has 0 heterocycles. The van der Waals surface area contributed by atoms with Gasteiger partial charge in [0.25, 0.3) is 0 Å². The predicted octanol–water partition coefficient (Wildman–Crippen LogP) is 4.29. The third-order valence-corrected chi connectivity index (χ3v) is 3.98. The van der Waals surface area contributed by atoms with Crippen molar-refractivity contribution in [1.82, 2.24) is 0 Å². The van der Waals surface area contributed by atoms with E-state index in [1.54, 1.807) is 0 Å². The Labute approximate surface area is 99.3 Å². The molecule has 1 aliphatic rings. The number of nitrogens with one attached hydrogen (secondary N) is 1. The van der Waals surface area contributed by atoms with E-state index >= 15 is 0 Å². The zero-order valence-electron chi connectivity index (χ0n) is 10.7. The van der Waals surface area contributed by atoms with Crippen LogP contribution in [-0.2, 0) is 0 Å². The van der Waals surface area contributed by atoms with E-state index < -0.39 is 0 Å². The molecule has 1 aromatic rings. The number of hydrogen-bond acceptors (Lipinski definition) is 1. The summed E-state index contributed by atoms with van der Waals surface area (Å²) in [5.41, 5.74) is 4.12. The topological polar surface area (TPSA) is 12.0 Å². The third-order valence-electron chi connectivity index (χ3n) is 3.98. The summed E-state index contributed by atoms with van der Waals surface area (Å²) in [6, 6.07) is 7.23. The molecule has 0 atom stereocenters. The van der Waals surface area contributed by atoms with Crippen LogP contribution in [0.4, 0.5) is 5.69 Å². The van der Waals surface area contributed by atoms with E-state index in [0.29, 0.717) is 6.04 Å². The van der Waals surface area contributed by atoms with Crippen LogP contribution >= 0.6 is 0 Å². The highest BCUT2D eigenvalue weighted by molar-refractivity contribution is 5.54.